The molecule has 0 spiro atoms. The molecule has 3 heterocycles. The lowest BCUT2D eigenvalue weighted by Gasteiger charge is -2.31. The maximum Gasteiger partial charge on any atom is 0.187 e. The Morgan fingerprint density at radius 3 is 2.61 bits per heavy atom. The van der Waals surface area contributed by atoms with E-state index in [4.69, 9.17) is 4.74 Å². The van der Waals surface area contributed by atoms with E-state index in [9.17, 15) is 4.79 Å². The zero-order chi connectivity index (χ0) is 24.9. The number of aromatic nitrogens is 2. The Hall–Kier alpha value is -3.38. The second kappa shape index (κ2) is 11.1. The van der Waals surface area contributed by atoms with Gasteiger partial charge in [0.1, 0.15) is 5.75 Å². The fourth-order valence-corrected chi connectivity index (χ4v) is 5.63. The highest BCUT2D eigenvalue weighted by Crippen LogP contribution is 2.34. The van der Waals surface area contributed by atoms with Crippen LogP contribution in [0.3, 0.4) is 0 Å². The van der Waals surface area contributed by atoms with Gasteiger partial charge in [0.2, 0.25) is 0 Å². The third-order valence-corrected chi connectivity index (χ3v) is 7.53. The molecule has 0 N–H and O–H groups in total. The summed E-state index contributed by atoms with van der Waals surface area (Å²) in [6.07, 6.45) is 11.4. The maximum atomic E-state index is 13.1. The minimum absolute atomic E-state index is 0.0163. The summed E-state index contributed by atoms with van der Waals surface area (Å²) in [6.45, 7) is 7.41. The van der Waals surface area contributed by atoms with E-state index in [-0.39, 0.29) is 5.78 Å². The van der Waals surface area contributed by atoms with Crippen molar-refractivity contribution < 1.29 is 9.53 Å². The Morgan fingerprint density at radius 1 is 1.08 bits per heavy atom. The standard InChI is InChI=1S/C30H36N4O2/c1-23-18-34(22-31-23)28-12-11-25(17-30(28)36-2)29(35)13-16-33-20-26(19-32-14-7-4-8-15-32)27(21-33)24-9-5-3-6-10-24/h3,5-6,9-13,16-18,22,26-27H,4,7-8,14-15,19-21H2,1-2H3/b16-13+/t26-,27+/m0/s1. The first-order valence-corrected chi connectivity index (χ1v) is 13.0. The molecule has 2 fully saturated rings. The van der Waals surface area contributed by atoms with Crippen molar-refractivity contribution in [3.05, 3.63) is 90.2 Å². The van der Waals surface area contributed by atoms with Gasteiger partial charge in [-0.15, -0.1) is 0 Å². The molecule has 2 atom stereocenters. The number of carbonyl (C=O) groups is 1. The predicted molar refractivity (Wildman–Crippen MR) is 143 cm³/mol. The number of methoxy groups -OCH3 is 1. The lowest BCUT2D eigenvalue weighted by Crippen LogP contribution is -2.36. The molecule has 36 heavy (non-hydrogen) atoms. The van der Waals surface area contributed by atoms with Crippen molar-refractivity contribution in [2.75, 3.05) is 39.8 Å². The van der Waals surface area contributed by atoms with Crippen LogP contribution in [0.1, 0.15) is 46.8 Å². The summed E-state index contributed by atoms with van der Waals surface area (Å²) in [5.41, 5.74) is 3.81. The van der Waals surface area contributed by atoms with E-state index in [1.165, 1.54) is 37.9 Å². The summed E-state index contributed by atoms with van der Waals surface area (Å²) in [5.74, 6) is 1.67. The van der Waals surface area contributed by atoms with E-state index in [1.807, 2.05) is 42.1 Å². The van der Waals surface area contributed by atoms with Crippen LogP contribution in [0, 0.1) is 12.8 Å². The lowest BCUT2D eigenvalue weighted by molar-refractivity contribution is 0.104. The summed E-state index contributed by atoms with van der Waals surface area (Å²) < 4.78 is 7.50. The number of hydrogen-bond donors (Lipinski definition) is 0. The molecule has 6 nitrogen and oxygen atoms in total. The monoisotopic (exact) mass is 484 g/mol. The summed E-state index contributed by atoms with van der Waals surface area (Å²) >= 11 is 0. The van der Waals surface area contributed by atoms with Crippen LogP contribution in [0.4, 0.5) is 0 Å². The SMILES string of the molecule is COc1cc(C(=O)/C=C/N2C[C@H](CN3CCCCC3)[C@@H](c3ccccc3)C2)ccc1-n1cnc(C)c1. The van der Waals surface area contributed by atoms with E-state index < -0.39 is 0 Å². The van der Waals surface area contributed by atoms with Gasteiger partial charge < -0.3 is 19.1 Å². The molecule has 0 radical (unpaired) electrons. The van der Waals surface area contributed by atoms with Crippen LogP contribution >= 0.6 is 0 Å². The molecule has 5 rings (SSSR count). The van der Waals surface area contributed by atoms with Crippen LogP contribution < -0.4 is 4.74 Å². The molecule has 0 amide bonds. The average molecular weight is 485 g/mol. The molecule has 1 aromatic heterocycles. The zero-order valence-electron chi connectivity index (χ0n) is 21.3. The lowest BCUT2D eigenvalue weighted by atomic mass is 9.88. The van der Waals surface area contributed by atoms with Crippen molar-refractivity contribution in [2.24, 2.45) is 5.92 Å². The molecule has 2 saturated heterocycles. The first-order valence-electron chi connectivity index (χ1n) is 13.0. The van der Waals surface area contributed by atoms with Crippen LogP contribution in [0.2, 0.25) is 0 Å². The minimum Gasteiger partial charge on any atom is -0.495 e. The van der Waals surface area contributed by atoms with Gasteiger partial charge in [-0.05, 0) is 62.5 Å². The van der Waals surface area contributed by atoms with Gasteiger partial charge in [0.15, 0.2) is 5.78 Å². The highest BCUT2D eigenvalue weighted by Gasteiger charge is 2.34. The predicted octanol–water partition coefficient (Wildman–Crippen LogP) is 5.09. The number of allylic oxidation sites excluding steroid dienone is 1. The second-order valence-corrected chi connectivity index (χ2v) is 10.1. The second-order valence-electron chi connectivity index (χ2n) is 10.1. The first-order chi connectivity index (χ1) is 17.6. The number of likely N-dealkylation sites (tertiary alicyclic amines) is 2. The molecule has 3 aromatic rings. The number of carbonyl (C=O) groups excluding carboxylic acids is 1. The Balaban J connectivity index is 1.29. The molecule has 0 unspecified atom stereocenters. The fraction of sp³-hybridized carbons (Fsp3) is 0.400. The Kier molecular flexibility index (Phi) is 7.52. The summed E-state index contributed by atoms with van der Waals surface area (Å²) in [6, 6.07) is 16.4. The minimum atomic E-state index is -0.0163. The van der Waals surface area contributed by atoms with Crippen molar-refractivity contribution in [1.82, 2.24) is 19.4 Å². The molecule has 0 saturated carbocycles. The van der Waals surface area contributed by atoms with Crippen LogP contribution in [0.5, 0.6) is 5.75 Å². The molecule has 0 bridgehead atoms. The smallest absolute Gasteiger partial charge is 0.187 e. The highest BCUT2D eigenvalue weighted by atomic mass is 16.5. The topological polar surface area (TPSA) is 50.6 Å². The van der Waals surface area contributed by atoms with E-state index in [0.717, 1.165) is 31.0 Å². The van der Waals surface area contributed by atoms with Crippen LogP contribution in [0.15, 0.2) is 73.3 Å². The zero-order valence-corrected chi connectivity index (χ0v) is 21.3. The highest BCUT2D eigenvalue weighted by molar-refractivity contribution is 6.04. The fourth-order valence-electron chi connectivity index (χ4n) is 5.63. The van der Waals surface area contributed by atoms with Gasteiger partial charge in [-0.3, -0.25) is 4.79 Å². The average Bonchev–Trinajstić information content (AvgIpc) is 3.54. The van der Waals surface area contributed by atoms with Crippen LogP contribution in [0.25, 0.3) is 5.69 Å². The number of ketones is 1. The van der Waals surface area contributed by atoms with Gasteiger partial charge in [0.05, 0.1) is 24.8 Å². The molecule has 188 valence electrons. The molecular weight excluding hydrogens is 448 g/mol. The number of rotatable bonds is 8. The van der Waals surface area contributed by atoms with E-state index >= 15 is 0 Å². The Bertz CT molecular complexity index is 1200. The van der Waals surface area contributed by atoms with Crippen molar-refractivity contribution in [3.63, 3.8) is 0 Å². The molecule has 2 aliphatic heterocycles. The summed E-state index contributed by atoms with van der Waals surface area (Å²) in [4.78, 5) is 22.3. The maximum absolute atomic E-state index is 13.1. The number of nitrogens with zero attached hydrogens (tertiary/aromatic N) is 4. The number of aryl methyl sites for hydroxylation is 1. The van der Waals surface area contributed by atoms with Gasteiger partial charge in [-0.25, -0.2) is 4.98 Å². The molecule has 2 aliphatic rings. The van der Waals surface area contributed by atoms with Crippen molar-refractivity contribution in [3.8, 4) is 11.4 Å². The number of imidazole rings is 1. The summed E-state index contributed by atoms with van der Waals surface area (Å²) in [5, 5.41) is 0. The molecule has 6 heteroatoms. The number of ether oxygens (including phenoxy) is 1. The van der Waals surface area contributed by atoms with Crippen LogP contribution in [-0.4, -0.2) is 65.0 Å². The van der Waals surface area contributed by atoms with Crippen LogP contribution in [-0.2, 0) is 0 Å². The Labute approximate surface area is 214 Å². The van der Waals surface area contributed by atoms with Gasteiger partial charge in [-0.2, -0.15) is 0 Å². The largest absolute Gasteiger partial charge is 0.495 e. The van der Waals surface area contributed by atoms with Gasteiger partial charge in [-0.1, -0.05) is 36.8 Å². The quantitative estimate of drug-likeness (QED) is 0.329. The molecular formula is C30H36N4O2. The number of benzene rings is 2. The van der Waals surface area contributed by atoms with Gasteiger partial charge in [0, 0.05) is 49.6 Å². The van der Waals surface area contributed by atoms with E-state index in [2.05, 4.69) is 45.1 Å². The first kappa shape index (κ1) is 24.3. The van der Waals surface area contributed by atoms with Crippen molar-refractivity contribution in [1.29, 1.82) is 0 Å². The normalized spacial score (nSPS) is 20.8. The third kappa shape index (κ3) is 5.54. The van der Waals surface area contributed by atoms with E-state index in [0.29, 0.717) is 23.1 Å². The Morgan fingerprint density at radius 2 is 1.89 bits per heavy atom. The number of hydrogen-bond acceptors (Lipinski definition) is 5. The summed E-state index contributed by atoms with van der Waals surface area (Å²) in [7, 11) is 1.63. The van der Waals surface area contributed by atoms with E-state index in [1.54, 1.807) is 19.5 Å². The number of piperidine rings is 1. The third-order valence-electron chi connectivity index (χ3n) is 7.53. The molecule has 2 aromatic carbocycles. The van der Waals surface area contributed by atoms with Gasteiger partial charge in [0.25, 0.3) is 0 Å². The van der Waals surface area contributed by atoms with Crippen molar-refractivity contribution >= 4 is 5.78 Å². The van der Waals surface area contributed by atoms with Crippen molar-refractivity contribution in [2.45, 2.75) is 32.1 Å². The van der Waals surface area contributed by atoms with Gasteiger partial charge >= 0.3 is 0 Å². The molecule has 0 aliphatic carbocycles.